The summed E-state index contributed by atoms with van der Waals surface area (Å²) in [6.45, 7) is 5.38. The summed E-state index contributed by atoms with van der Waals surface area (Å²) in [4.78, 5) is 6.36. The molecule has 4 aromatic heterocycles. The number of likely N-dealkylation sites (tertiary alicyclic amines) is 1. The predicted molar refractivity (Wildman–Crippen MR) is 128 cm³/mol. The van der Waals surface area contributed by atoms with Crippen LogP contribution in [0.2, 0.25) is 0 Å². The number of fused-ring (bicyclic) bond motifs is 1. The molecule has 2 aliphatic heterocycles. The third kappa shape index (κ3) is 4.56. The summed E-state index contributed by atoms with van der Waals surface area (Å²) in [5.41, 5.74) is 2.60. The van der Waals surface area contributed by atoms with E-state index in [-0.39, 0.29) is 29.6 Å². The summed E-state index contributed by atoms with van der Waals surface area (Å²) in [5.74, 6) is -0.867. The molecule has 12 heteroatoms. The van der Waals surface area contributed by atoms with E-state index in [1.165, 1.54) is 16.6 Å². The number of aliphatic hydroxyl groups excluding tert-OH is 1. The lowest BCUT2D eigenvalue weighted by molar-refractivity contribution is -0.0735. The first-order valence-corrected chi connectivity index (χ1v) is 12.3. The molecule has 1 unspecified atom stereocenters. The number of nitrogens with zero attached hydrogens (tertiary/aromatic N) is 7. The van der Waals surface area contributed by atoms with Crippen molar-refractivity contribution in [2.45, 2.75) is 38.0 Å². The molecule has 0 aliphatic carbocycles. The third-order valence-corrected chi connectivity index (χ3v) is 7.20. The van der Waals surface area contributed by atoms with Crippen molar-refractivity contribution in [3.8, 4) is 17.0 Å². The predicted octanol–water partition coefficient (Wildman–Crippen LogP) is 2.72. The highest BCUT2D eigenvalue weighted by Gasteiger charge is 2.31. The van der Waals surface area contributed by atoms with E-state index >= 15 is 0 Å². The van der Waals surface area contributed by atoms with Gasteiger partial charge in [0.25, 0.3) is 0 Å². The zero-order chi connectivity index (χ0) is 25.5. The lowest BCUT2D eigenvalue weighted by Crippen LogP contribution is -2.52. The standard InChI is InChI=1S/C25H27F2N7O3/c1-15-24(30-31-34(15)18-4-6-32(7-5-18)19-12-36-13-19)16-8-23(25-20(27)10-29-33(25)11-16)37-14-22(35)21-3-2-17(26)9-28-21/h2-3,8-11,18-19,22,35H,4-7,12-14H2,1H3. The maximum atomic E-state index is 14.6. The minimum absolute atomic E-state index is 0.139. The Morgan fingerprint density at radius 3 is 2.68 bits per heavy atom. The van der Waals surface area contributed by atoms with Crippen LogP contribution < -0.4 is 4.74 Å². The van der Waals surface area contributed by atoms with Gasteiger partial charge in [-0.2, -0.15) is 5.10 Å². The maximum absolute atomic E-state index is 14.6. The van der Waals surface area contributed by atoms with E-state index in [1.54, 1.807) is 12.3 Å². The van der Waals surface area contributed by atoms with Crippen LogP contribution in [0.15, 0.2) is 36.8 Å². The van der Waals surface area contributed by atoms with Gasteiger partial charge in [0.2, 0.25) is 0 Å². The first kappa shape index (κ1) is 23.9. The molecule has 0 radical (unpaired) electrons. The summed E-state index contributed by atoms with van der Waals surface area (Å²) < 4.78 is 42.2. The van der Waals surface area contributed by atoms with Crippen LogP contribution in [0.25, 0.3) is 16.8 Å². The van der Waals surface area contributed by atoms with Gasteiger partial charge >= 0.3 is 0 Å². The molecule has 0 aromatic carbocycles. The van der Waals surface area contributed by atoms with Gasteiger partial charge < -0.3 is 14.6 Å². The first-order valence-electron chi connectivity index (χ1n) is 12.3. The van der Waals surface area contributed by atoms with Crippen LogP contribution >= 0.6 is 0 Å². The average Bonchev–Trinajstić information content (AvgIpc) is 3.44. The normalized spacial score (nSPS) is 18.3. The SMILES string of the molecule is Cc1c(-c2cc(OCC(O)c3ccc(F)cn3)c3c(F)cnn3c2)nnn1C1CCN(C2COC2)CC1. The summed E-state index contributed by atoms with van der Waals surface area (Å²) in [5, 5.41) is 23.5. The number of pyridine rings is 2. The van der Waals surface area contributed by atoms with Crippen molar-refractivity contribution < 1.29 is 23.4 Å². The van der Waals surface area contributed by atoms with Crippen LogP contribution in [0.4, 0.5) is 8.78 Å². The van der Waals surface area contributed by atoms with Crippen LogP contribution in [0.5, 0.6) is 5.75 Å². The fourth-order valence-electron chi connectivity index (χ4n) is 5.01. The van der Waals surface area contributed by atoms with Crippen molar-refractivity contribution in [1.82, 2.24) is 34.5 Å². The highest BCUT2D eigenvalue weighted by molar-refractivity contribution is 5.70. The van der Waals surface area contributed by atoms with E-state index in [1.807, 2.05) is 11.6 Å². The van der Waals surface area contributed by atoms with Crippen LogP contribution in [0.1, 0.15) is 36.4 Å². The zero-order valence-electron chi connectivity index (χ0n) is 20.3. The minimum Gasteiger partial charge on any atom is -0.488 e. The fraction of sp³-hybridized carbons (Fsp3) is 0.440. The lowest BCUT2D eigenvalue weighted by Gasteiger charge is -2.41. The van der Waals surface area contributed by atoms with Crippen LogP contribution in [0.3, 0.4) is 0 Å². The number of piperidine rings is 1. The molecule has 0 saturated carbocycles. The number of aromatic nitrogens is 6. The van der Waals surface area contributed by atoms with Crippen molar-refractivity contribution in [2.24, 2.45) is 0 Å². The molecule has 6 heterocycles. The van der Waals surface area contributed by atoms with Crippen LogP contribution in [-0.4, -0.2) is 78.6 Å². The Balaban J connectivity index is 1.24. The molecule has 2 aliphatic rings. The average molecular weight is 512 g/mol. The van der Waals surface area contributed by atoms with Gasteiger partial charge in [0.1, 0.15) is 35.5 Å². The quantitative estimate of drug-likeness (QED) is 0.404. The first-order chi connectivity index (χ1) is 18.0. The van der Waals surface area contributed by atoms with Gasteiger partial charge in [0.05, 0.1) is 49.1 Å². The van der Waals surface area contributed by atoms with Gasteiger partial charge in [-0.15, -0.1) is 5.10 Å². The molecule has 1 N–H and O–H groups in total. The summed E-state index contributed by atoms with van der Waals surface area (Å²) in [6, 6.07) is 5.04. The molecule has 1 atom stereocenters. The van der Waals surface area contributed by atoms with Crippen molar-refractivity contribution >= 4 is 5.52 Å². The fourth-order valence-corrected chi connectivity index (χ4v) is 5.01. The molecule has 6 rings (SSSR count). The van der Waals surface area contributed by atoms with Gasteiger partial charge in [-0.3, -0.25) is 9.88 Å². The molecule has 10 nitrogen and oxygen atoms in total. The number of ether oxygens (including phenoxy) is 2. The smallest absolute Gasteiger partial charge is 0.172 e. The Labute approximate surface area is 211 Å². The van der Waals surface area contributed by atoms with Crippen LogP contribution in [0, 0.1) is 18.6 Å². The Morgan fingerprint density at radius 1 is 1.16 bits per heavy atom. The molecule has 0 bridgehead atoms. The van der Waals surface area contributed by atoms with Gasteiger partial charge in [0, 0.05) is 24.8 Å². The highest BCUT2D eigenvalue weighted by atomic mass is 19.1. The van der Waals surface area contributed by atoms with Crippen LogP contribution in [-0.2, 0) is 4.74 Å². The van der Waals surface area contributed by atoms with Crippen molar-refractivity contribution in [3.05, 3.63) is 59.8 Å². The second kappa shape index (κ2) is 9.77. The molecule has 2 fully saturated rings. The summed E-state index contributed by atoms with van der Waals surface area (Å²) in [6.07, 6.45) is 4.64. The van der Waals surface area contributed by atoms with Crippen molar-refractivity contribution in [3.63, 3.8) is 0 Å². The number of hydrogen-bond acceptors (Lipinski definition) is 8. The Kier molecular flexibility index (Phi) is 6.31. The summed E-state index contributed by atoms with van der Waals surface area (Å²) in [7, 11) is 0. The second-order valence-corrected chi connectivity index (χ2v) is 9.53. The van der Waals surface area contributed by atoms with E-state index in [9.17, 15) is 13.9 Å². The summed E-state index contributed by atoms with van der Waals surface area (Å²) >= 11 is 0. The molecule has 0 spiro atoms. The largest absolute Gasteiger partial charge is 0.488 e. The van der Waals surface area contributed by atoms with Gasteiger partial charge in [-0.05, 0) is 38.0 Å². The van der Waals surface area contributed by atoms with Gasteiger partial charge in [-0.25, -0.2) is 18.0 Å². The monoisotopic (exact) mass is 511 g/mol. The Bertz CT molecular complexity index is 1400. The minimum atomic E-state index is -1.13. The lowest BCUT2D eigenvalue weighted by atomic mass is 10.0. The number of hydrogen-bond donors (Lipinski definition) is 1. The molecule has 0 amide bonds. The number of rotatable bonds is 7. The zero-order valence-corrected chi connectivity index (χ0v) is 20.3. The Hall–Kier alpha value is -3.48. The van der Waals surface area contributed by atoms with E-state index in [4.69, 9.17) is 9.47 Å². The topological polar surface area (TPSA) is 103 Å². The van der Waals surface area contributed by atoms with Gasteiger partial charge in [-0.1, -0.05) is 5.21 Å². The number of halogens is 2. The van der Waals surface area contributed by atoms with E-state index in [0.717, 1.165) is 57.2 Å². The van der Waals surface area contributed by atoms with Crippen molar-refractivity contribution in [2.75, 3.05) is 32.9 Å². The maximum Gasteiger partial charge on any atom is 0.172 e. The third-order valence-electron chi connectivity index (χ3n) is 7.20. The highest BCUT2D eigenvalue weighted by Crippen LogP contribution is 2.33. The van der Waals surface area contributed by atoms with E-state index in [2.05, 4.69) is 25.3 Å². The number of aliphatic hydroxyl groups is 1. The molecule has 194 valence electrons. The molecular weight excluding hydrogens is 484 g/mol. The molecular formula is C25H27F2N7O3. The second-order valence-electron chi connectivity index (χ2n) is 9.53. The molecule has 2 saturated heterocycles. The van der Waals surface area contributed by atoms with Crippen molar-refractivity contribution in [1.29, 1.82) is 0 Å². The van der Waals surface area contributed by atoms with E-state index in [0.29, 0.717) is 17.3 Å². The Morgan fingerprint density at radius 2 is 1.97 bits per heavy atom. The molecule has 37 heavy (non-hydrogen) atoms. The van der Waals surface area contributed by atoms with E-state index < -0.39 is 17.7 Å². The molecule has 4 aromatic rings. The van der Waals surface area contributed by atoms with Gasteiger partial charge in [0.15, 0.2) is 5.82 Å².